The van der Waals surface area contributed by atoms with Crippen LogP contribution in [0.25, 0.3) is 0 Å². The summed E-state index contributed by atoms with van der Waals surface area (Å²) >= 11 is 7.73. The lowest BCUT2D eigenvalue weighted by molar-refractivity contribution is 1.25. The summed E-state index contributed by atoms with van der Waals surface area (Å²) in [6, 6.07) is 9.94. The van der Waals surface area contributed by atoms with Crippen molar-refractivity contribution in [2.45, 2.75) is 17.6 Å². The fourth-order valence-corrected chi connectivity index (χ4v) is 2.67. The highest BCUT2D eigenvalue weighted by Gasteiger charge is 2.02. The fourth-order valence-electron chi connectivity index (χ4n) is 1.43. The average molecular weight is 265 g/mol. The van der Waals surface area contributed by atoms with E-state index in [0.717, 1.165) is 22.6 Å². The predicted octanol–water partition coefficient (Wildman–Crippen LogP) is 3.92. The molecule has 17 heavy (non-hydrogen) atoms. The van der Waals surface area contributed by atoms with Gasteiger partial charge in [-0.15, -0.1) is 11.8 Å². The molecule has 0 saturated carbocycles. The number of aromatic nitrogens is 1. The molecular formula is C13H13ClN2S. The molecule has 0 unspecified atom stereocenters. The van der Waals surface area contributed by atoms with Crippen LogP contribution in [0, 0.1) is 6.92 Å². The Hall–Kier alpha value is -1.19. The first kappa shape index (κ1) is 12.3. The number of nitrogen functional groups attached to an aromatic ring is 1. The van der Waals surface area contributed by atoms with Crippen LogP contribution < -0.4 is 5.73 Å². The summed E-state index contributed by atoms with van der Waals surface area (Å²) in [5, 5.41) is 0.576. The highest BCUT2D eigenvalue weighted by Crippen LogP contribution is 2.27. The molecule has 1 aromatic heterocycles. The maximum atomic E-state index is 6.00. The molecule has 0 aliphatic heterocycles. The third-order valence-corrected chi connectivity index (χ3v) is 3.85. The Morgan fingerprint density at radius 1 is 1.35 bits per heavy atom. The molecule has 2 aromatic rings. The molecule has 0 bridgehead atoms. The molecule has 0 amide bonds. The SMILES string of the molecule is Cc1cc(SCc2cccnc2Cl)ccc1N. The summed E-state index contributed by atoms with van der Waals surface area (Å²) in [5.74, 6) is 0.816. The molecule has 2 rings (SSSR count). The summed E-state index contributed by atoms with van der Waals surface area (Å²) in [6.07, 6.45) is 1.70. The van der Waals surface area contributed by atoms with Crippen LogP contribution >= 0.6 is 23.4 Å². The lowest BCUT2D eigenvalue weighted by atomic mass is 10.2. The quantitative estimate of drug-likeness (QED) is 0.519. The van der Waals surface area contributed by atoms with Crippen LogP contribution in [0.4, 0.5) is 5.69 Å². The van der Waals surface area contributed by atoms with E-state index >= 15 is 0 Å². The molecule has 0 atom stereocenters. The van der Waals surface area contributed by atoms with Crippen molar-refractivity contribution < 1.29 is 0 Å². The van der Waals surface area contributed by atoms with Gasteiger partial charge in [0.15, 0.2) is 0 Å². The van der Waals surface area contributed by atoms with Crippen LogP contribution in [0.15, 0.2) is 41.4 Å². The molecule has 4 heteroatoms. The molecule has 2 N–H and O–H groups in total. The van der Waals surface area contributed by atoms with Crippen molar-refractivity contribution in [3.8, 4) is 0 Å². The smallest absolute Gasteiger partial charge is 0.133 e. The van der Waals surface area contributed by atoms with Crippen LogP contribution in [0.1, 0.15) is 11.1 Å². The van der Waals surface area contributed by atoms with E-state index in [4.69, 9.17) is 17.3 Å². The van der Waals surface area contributed by atoms with Gasteiger partial charge in [-0.05, 0) is 42.3 Å². The van der Waals surface area contributed by atoms with Crippen molar-refractivity contribution in [2.24, 2.45) is 0 Å². The van der Waals surface area contributed by atoms with Gasteiger partial charge in [-0.3, -0.25) is 0 Å². The van der Waals surface area contributed by atoms with Gasteiger partial charge >= 0.3 is 0 Å². The minimum Gasteiger partial charge on any atom is -0.399 e. The second kappa shape index (κ2) is 5.43. The van der Waals surface area contributed by atoms with Gasteiger partial charge in [-0.25, -0.2) is 4.98 Å². The molecule has 2 nitrogen and oxygen atoms in total. The first-order valence-corrected chi connectivity index (χ1v) is 6.61. The number of thioether (sulfide) groups is 1. The van der Waals surface area contributed by atoms with Gasteiger partial charge in [-0.1, -0.05) is 17.7 Å². The van der Waals surface area contributed by atoms with Gasteiger partial charge in [0.05, 0.1) is 0 Å². The van der Waals surface area contributed by atoms with E-state index in [9.17, 15) is 0 Å². The lowest BCUT2D eigenvalue weighted by Crippen LogP contribution is -1.89. The maximum absolute atomic E-state index is 6.00. The summed E-state index contributed by atoms with van der Waals surface area (Å²) in [4.78, 5) is 5.25. The van der Waals surface area contributed by atoms with Crippen molar-refractivity contribution in [3.05, 3.63) is 52.8 Å². The Morgan fingerprint density at radius 3 is 2.88 bits per heavy atom. The molecule has 0 radical (unpaired) electrons. The Bertz CT molecular complexity index is 529. The van der Waals surface area contributed by atoms with Crippen molar-refractivity contribution in [3.63, 3.8) is 0 Å². The zero-order valence-electron chi connectivity index (χ0n) is 9.48. The van der Waals surface area contributed by atoms with Gasteiger partial charge < -0.3 is 5.73 Å². The number of aryl methyl sites for hydroxylation is 1. The van der Waals surface area contributed by atoms with Gasteiger partial charge in [0, 0.05) is 22.5 Å². The molecule has 0 aliphatic carbocycles. The second-order valence-corrected chi connectivity index (χ2v) is 5.17. The van der Waals surface area contributed by atoms with Gasteiger partial charge in [0.25, 0.3) is 0 Å². The van der Waals surface area contributed by atoms with Crippen LogP contribution in [0.5, 0.6) is 0 Å². The zero-order valence-corrected chi connectivity index (χ0v) is 11.1. The van der Waals surface area contributed by atoms with E-state index in [2.05, 4.69) is 11.1 Å². The van der Waals surface area contributed by atoms with E-state index in [-0.39, 0.29) is 0 Å². The Balaban J connectivity index is 2.08. The Labute approximate surface area is 110 Å². The predicted molar refractivity (Wildman–Crippen MR) is 74.4 cm³/mol. The van der Waals surface area contributed by atoms with Crippen LogP contribution in [-0.4, -0.2) is 4.98 Å². The summed E-state index contributed by atoms with van der Waals surface area (Å²) in [7, 11) is 0. The highest BCUT2D eigenvalue weighted by molar-refractivity contribution is 7.98. The number of halogens is 1. The molecule has 88 valence electrons. The van der Waals surface area contributed by atoms with Crippen molar-refractivity contribution >= 4 is 29.1 Å². The number of nitrogens with two attached hydrogens (primary N) is 1. The zero-order chi connectivity index (χ0) is 12.3. The molecule has 0 spiro atoms. The monoisotopic (exact) mass is 264 g/mol. The number of rotatable bonds is 3. The molecule has 0 aliphatic rings. The maximum Gasteiger partial charge on any atom is 0.133 e. The van der Waals surface area contributed by atoms with E-state index in [1.165, 1.54) is 4.90 Å². The van der Waals surface area contributed by atoms with E-state index in [1.807, 2.05) is 31.2 Å². The van der Waals surface area contributed by atoms with Crippen LogP contribution in [0.3, 0.4) is 0 Å². The topological polar surface area (TPSA) is 38.9 Å². The highest BCUT2D eigenvalue weighted by atomic mass is 35.5. The Kier molecular flexibility index (Phi) is 3.92. The number of benzene rings is 1. The second-order valence-electron chi connectivity index (χ2n) is 3.76. The summed E-state index contributed by atoms with van der Waals surface area (Å²) in [6.45, 7) is 2.01. The minimum absolute atomic E-state index is 0.576. The number of nitrogens with zero attached hydrogens (tertiary/aromatic N) is 1. The Morgan fingerprint density at radius 2 is 2.18 bits per heavy atom. The molecule has 1 aromatic carbocycles. The average Bonchev–Trinajstić information content (AvgIpc) is 2.32. The van der Waals surface area contributed by atoms with E-state index < -0.39 is 0 Å². The fraction of sp³-hybridized carbons (Fsp3) is 0.154. The third kappa shape index (κ3) is 3.14. The summed E-state index contributed by atoms with van der Waals surface area (Å²) in [5.41, 5.74) is 8.76. The van der Waals surface area contributed by atoms with Crippen LogP contribution in [-0.2, 0) is 5.75 Å². The first-order valence-electron chi connectivity index (χ1n) is 5.25. The molecule has 0 fully saturated rings. The van der Waals surface area contributed by atoms with Crippen LogP contribution in [0.2, 0.25) is 5.15 Å². The lowest BCUT2D eigenvalue weighted by Gasteiger charge is -2.05. The van der Waals surface area contributed by atoms with E-state index in [0.29, 0.717) is 5.15 Å². The normalized spacial score (nSPS) is 10.5. The van der Waals surface area contributed by atoms with Crippen molar-refractivity contribution in [1.29, 1.82) is 0 Å². The summed E-state index contributed by atoms with van der Waals surface area (Å²) < 4.78 is 0. The first-order chi connectivity index (χ1) is 8.16. The standard InChI is InChI=1S/C13H13ClN2S/c1-9-7-11(4-5-12(9)15)17-8-10-3-2-6-16-13(10)14/h2-7H,8,15H2,1H3. The number of anilines is 1. The minimum atomic E-state index is 0.576. The van der Waals surface area contributed by atoms with Crippen molar-refractivity contribution in [2.75, 3.05) is 5.73 Å². The largest absolute Gasteiger partial charge is 0.399 e. The van der Waals surface area contributed by atoms with Gasteiger partial charge in [-0.2, -0.15) is 0 Å². The van der Waals surface area contributed by atoms with Gasteiger partial charge in [0.1, 0.15) is 5.15 Å². The number of hydrogen-bond donors (Lipinski definition) is 1. The molecular weight excluding hydrogens is 252 g/mol. The molecule has 1 heterocycles. The van der Waals surface area contributed by atoms with Crippen molar-refractivity contribution in [1.82, 2.24) is 4.98 Å². The number of pyridine rings is 1. The van der Waals surface area contributed by atoms with Gasteiger partial charge in [0.2, 0.25) is 0 Å². The van der Waals surface area contributed by atoms with E-state index in [1.54, 1.807) is 18.0 Å². The number of hydrogen-bond acceptors (Lipinski definition) is 3. The third-order valence-electron chi connectivity index (χ3n) is 2.47. The molecule has 0 saturated heterocycles.